The minimum Gasteiger partial charge on any atom is -0.461 e. The van der Waals surface area contributed by atoms with Crippen LogP contribution in [0.1, 0.15) is 16.8 Å². The first-order chi connectivity index (χ1) is 12.4. The molecule has 2 saturated carbocycles. The Kier molecular flexibility index (Phi) is 4.06. The van der Waals surface area contributed by atoms with Crippen LogP contribution in [0.3, 0.4) is 0 Å². The SMILES string of the molecule is O=C(COC(=O)[C@@H]1[C@H]2C[C@H]3[C@H](OC(=O)[C@@H]31)[C@@H]2Br)c1ccc([N+](=O)[O-])cc1. The van der Waals surface area contributed by atoms with Gasteiger partial charge in [-0.05, 0) is 24.5 Å². The summed E-state index contributed by atoms with van der Waals surface area (Å²) in [6, 6.07) is 5.07. The molecule has 0 amide bonds. The van der Waals surface area contributed by atoms with Gasteiger partial charge in [0.15, 0.2) is 12.4 Å². The van der Waals surface area contributed by atoms with E-state index in [1.165, 1.54) is 24.3 Å². The number of hydrogen-bond donors (Lipinski definition) is 0. The first kappa shape index (κ1) is 17.1. The van der Waals surface area contributed by atoms with Gasteiger partial charge in [-0.3, -0.25) is 24.5 Å². The molecule has 0 unspecified atom stereocenters. The summed E-state index contributed by atoms with van der Waals surface area (Å²) in [6.07, 6.45) is 0.552. The number of nitrogens with zero attached hydrogens (tertiary/aromatic N) is 1. The maximum absolute atomic E-state index is 12.5. The van der Waals surface area contributed by atoms with E-state index in [1.54, 1.807) is 0 Å². The summed E-state index contributed by atoms with van der Waals surface area (Å²) in [5.74, 6) is -2.49. The number of rotatable bonds is 5. The van der Waals surface area contributed by atoms with Crippen molar-refractivity contribution in [1.82, 2.24) is 0 Å². The lowest BCUT2D eigenvalue weighted by Crippen LogP contribution is -2.39. The predicted octanol–water partition coefficient (Wildman–Crippen LogP) is 1.89. The predicted molar refractivity (Wildman–Crippen MR) is 89.6 cm³/mol. The Bertz CT molecular complexity index is 808. The van der Waals surface area contributed by atoms with E-state index in [0.29, 0.717) is 0 Å². The average molecular weight is 424 g/mol. The van der Waals surface area contributed by atoms with Gasteiger partial charge in [0, 0.05) is 23.6 Å². The van der Waals surface area contributed by atoms with Gasteiger partial charge in [-0.25, -0.2) is 0 Å². The van der Waals surface area contributed by atoms with Crippen molar-refractivity contribution in [3.63, 3.8) is 0 Å². The molecule has 1 heterocycles. The minimum atomic E-state index is -0.597. The van der Waals surface area contributed by atoms with Gasteiger partial charge in [0.1, 0.15) is 6.10 Å². The summed E-state index contributed by atoms with van der Waals surface area (Å²) >= 11 is 3.51. The maximum atomic E-state index is 12.5. The molecule has 3 aliphatic rings. The normalized spacial score (nSPS) is 33.8. The molecule has 6 atom stereocenters. The summed E-state index contributed by atoms with van der Waals surface area (Å²) in [4.78, 5) is 46.7. The molecule has 26 heavy (non-hydrogen) atoms. The summed E-state index contributed by atoms with van der Waals surface area (Å²) in [7, 11) is 0. The number of carbonyl (C=O) groups is 3. The lowest BCUT2D eigenvalue weighted by Gasteiger charge is -2.26. The van der Waals surface area contributed by atoms with E-state index < -0.39 is 35.1 Å². The van der Waals surface area contributed by atoms with E-state index in [2.05, 4.69) is 15.9 Å². The number of fused-ring (bicyclic) bond motifs is 1. The first-order valence-electron chi connectivity index (χ1n) is 8.17. The third kappa shape index (κ3) is 2.53. The highest BCUT2D eigenvalue weighted by atomic mass is 79.9. The van der Waals surface area contributed by atoms with Gasteiger partial charge in [-0.1, -0.05) is 15.9 Å². The minimum absolute atomic E-state index is 0.0276. The number of Topliss-reactive ketones (excluding diaryl/α,β-unsaturated/α-hetero) is 1. The highest BCUT2D eigenvalue weighted by molar-refractivity contribution is 9.09. The molecule has 1 aromatic carbocycles. The number of nitro benzene ring substituents is 1. The third-order valence-corrected chi connectivity index (χ3v) is 6.74. The summed E-state index contributed by atoms with van der Waals surface area (Å²) < 4.78 is 10.5. The first-order valence-corrected chi connectivity index (χ1v) is 9.09. The Balaban J connectivity index is 1.40. The molecule has 1 saturated heterocycles. The molecule has 0 aromatic heterocycles. The van der Waals surface area contributed by atoms with Crippen LogP contribution < -0.4 is 0 Å². The number of carbonyl (C=O) groups excluding carboxylic acids is 3. The van der Waals surface area contributed by atoms with E-state index in [-0.39, 0.29) is 40.0 Å². The van der Waals surface area contributed by atoms with Crippen molar-refractivity contribution in [3.05, 3.63) is 39.9 Å². The number of halogens is 1. The molecule has 0 radical (unpaired) electrons. The lowest BCUT2D eigenvalue weighted by molar-refractivity contribution is -0.384. The van der Waals surface area contributed by atoms with Crippen molar-refractivity contribution in [1.29, 1.82) is 0 Å². The maximum Gasteiger partial charge on any atom is 0.310 e. The van der Waals surface area contributed by atoms with E-state index in [4.69, 9.17) is 9.47 Å². The van der Waals surface area contributed by atoms with Crippen molar-refractivity contribution >= 4 is 39.3 Å². The Hall–Kier alpha value is -2.29. The second-order valence-electron chi connectivity index (χ2n) is 6.80. The number of nitro groups is 1. The Morgan fingerprint density at radius 3 is 2.62 bits per heavy atom. The number of alkyl halides is 1. The number of non-ortho nitro benzene ring substituents is 1. The Morgan fingerprint density at radius 1 is 1.27 bits per heavy atom. The van der Waals surface area contributed by atoms with Crippen LogP contribution >= 0.6 is 15.9 Å². The van der Waals surface area contributed by atoms with Gasteiger partial charge in [0.25, 0.3) is 5.69 Å². The van der Waals surface area contributed by atoms with Gasteiger partial charge < -0.3 is 9.47 Å². The molecule has 4 rings (SSSR count). The largest absolute Gasteiger partial charge is 0.461 e. The van der Waals surface area contributed by atoms with Crippen LogP contribution in [0.15, 0.2) is 24.3 Å². The number of hydrogen-bond acceptors (Lipinski definition) is 7. The summed E-state index contributed by atoms with van der Waals surface area (Å²) in [5.41, 5.74) is 0.0910. The third-order valence-electron chi connectivity index (χ3n) is 5.54. The van der Waals surface area contributed by atoms with Gasteiger partial charge in [-0.15, -0.1) is 0 Å². The van der Waals surface area contributed by atoms with Crippen LogP contribution in [0.4, 0.5) is 5.69 Å². The molecule has 0 spiro atoms. The number of esters is 2. The molecule has 3 fully saturated rings. The lowest BCUT2D eigenvalue weighted by atomic mass is 9.80. The fourth-order valence-corrected chi connectivity index (χ4v) is 5.42. The zero-order valence-electron chi connectivity index (χ0n) is 13.4. The summed E-state index contributed by atoms with van der Waals surface area (Å²) in [5, 5.41) is 10.6. The summed E-state index contributed by atoms with van der Waals surface area (Å²) in [6.45, 7) is -0.470. The fraction of sp³-hybridized carbons (Fsp3) is 0.471. The van der Waals surface area contributed by atoms with Gasteiger partial charge in [0.2, 0.25) is 0 Å². The van der Waals surface area contributed by atoms with Gasteiger partial charge >= 0.3 is 11.9 Å². The van der Waals surface area contributed by atoms with E-state index in [0.717, 1.165) is 6.42 Å². The second kappa shape index (κ2) is 6.15. The van der Waals surface area contributed by atoms with Crippen LogP contribution in [0.5, 0.6) is 0 Å². The van der Waals surface area contributed by atoms with Crippen molar-refractivity contribution in [2.24, 2.45) is 23.7 Å². The molecule has 0 N–H and O–H groups in total. The monoisotopic (exact) mass is 423 g/mol. The zero-order valence-corrected chi connectivity index (χ0v) is 15.0. The van der Waals surface area contributed by atoms with Crippen LogP contribution in [-0.4, -0.2) is 40.2 Å². The van der Waals surface area contributed by atoms with Crippen molar-refractivity contribution in [2.45, 2.75) is 17.4 Å². The smallest absolute Gasteiger partial charge is 0.310 e. The van der Waals surface area contributed by atoms with Crippen molar-refractivity contribution < 1.29 is 28.8 Å². The Labute approximate surface area is 156 Å². The van der Waals surface area contributed by atoms with Crippen molar-refractivity contribution in [3.8, 4) is 0 Å². The number of benzene rings is 1. The standard InChI is InChI=1S/C17H14BrNO7/c18-14-9-5-10-13(17(22)26-15(10)14)12(9)16(21)25-6-11(20)7-1-3-8(4-2-7)19(23)24/h1-4,9-10,12-15H,5-6H2/t9-,10-,12-,13+,14-,15+/m1/s1. The highest BCUT2D eigenvalue weighted by Crippen LogP contribution is 2.60. The molecule has 9 heteroatoms. The van der Waals surface area contributed by atoms with Crippen LogP contribution in [-0.2, 0) is 19.1 Å². The van der Waals surface area contributed by atoms with Crippen LogP contribution in [0, 0.1) is 33.8 Å². The van der Waals surface area contributed by atoms with Crippen molar-refractivity contribution in [2.75, 3.05) is 6.61 Å². The van der Waals surface area contributed by atoms with E-state index in [9.17, 15) is 24.5 Å². The number of ketones is 1. The van der Waals surface area contributed by atoms with Crippen LogP contribution in [0.2, 0.25) is 0 Å². The van der Waals surface area contributed by atoms with Gasteiger partial charge in [-0.2, -0.15) is 0 Å². The van der Waals surface area contributed by atoms with Crippen LogP contribution in [0.25, 0.3) is 0 Å². The van der Waals surface area contributed by atoms with E-state index in [1.807, 2.05) is 0 Å². The molecule has 1 aliphatic heterocycles. The molecule has 136 valence electrons. The molecular weight excluding hydrogens is 410 g/mol. The quantitative estimate of drug-likeness (QED) is 0.233. The molecule has 1 aromatic rings. The Morgan fingerprint density at radius 2 is 1.96 bits per heavy atom. The fourth-order valence-electron chi connectivity index (χ4n) is 4.38. The van der Waals surface area contributed by atoms with Gasteiger partial charge in [0.05, 0.1) is 21.6 Å². The number of ether oxygens (including phenoxy) is 2. The molecule has 8 nitrogen and oxygen atoms in total. The highest BCUT2D eigenvalue weighted by Gasteiger charge is 2.68. The molecule has 2 bridgehead atoms. The second-order valence-corrected chi connectivity index (χ2v) is 7.85. The average Bonchev–Trinajstić information content (AvgIpc) is 3.23. The molecular formula is C17H14BrNO7. The zero-order chi connectivity index (χ0) is 18.6. The molecule has 2 aliphatic carbocycles. The topological polar surface area (TPSA) is 113 Å². The van der Waals surface area contributed by atoms with E-state index >= 15 is 0 Å².